The molecule has 0 saturated carbocycles. The molecule has 88 valence electrons. The van der Waals surface area contributed by atoms with Crippen molar-refractivity contribution < 1.29 is 9.90 Å². The maximum absolute atomic E-state index is 10.7. The molecule has 0 spiro atoms. The predicted octanol–water partition coefficient (Wildman–Crippen LogP) is 4.06. The standard InChI is InChI=1S/C13H18O2S/c1-3-4-5-10(2)16-12-8-6-11(7-9-12)13(14)15/h6-10H,3-5H2,1-2H3,(H,14,15). The van der Waals surface area contributed by atoms with Crippen LogP contribution in [-0.4, -0.2) is 16.3 Å². The van der Waals surface area contributed by atoms with Crippen LogP contribution in [0.3, 0.4) is 0 Å². The van der Waals surface area contributed by atoms with Crippen LogP contribution in [0, 0.1) is 0 Å². The number of aromatic carboxylic acids is 1. The zero-order valence-electron chi connectivity index (χ0n) is 9.77. The first kappa shape index (κ1) is 13.1. The lowest BCUT2D eigenvalue weighted by atomic mass is 10.2. The monoisotopic (exact) mass is 238 g/mol. The third kappa shape index (κ3) is 4.27. The average Bonchev–Trinajstić information content (AvgIpc) is 2.27. The quantitative estimate of drug-likeness (QED) is 0.759. The van der Waals surface area contributed by atoms with Crippen molar-refractivity contribution in [1.82, 2.24) is 0 Å². The maximum Gasteiger partial charge on any atom is 0.335 e. The molecule has 1 aromatic rings. The van der Waals surface area contributed by atoms with E-state index in [1.54, 1.807) is 12.1 Å². The van der Waals surface area contributed by atoms with Gasteiger partial charge in [0.1, 0.15) is 0 Å². The number of carboxylic acids is 1. The lowest BCUT2D eigenvalue weighted by Gasteiger charge is -2.10. The second-order valence-corrected chi connectivity index (χ2v) is 5.41. The van der Waals surface area contributed by atoms with Gasteiger partial charge in [0.2, 0.25) is 0 Å². The van der Waals surface area contributed by atoms with Crippen molar-refractivity contribution in [3.63, 3.8) is 0 Å². The fourth-order valence-electron chi connectivity index (χ4n) is 1.46. The first-order valence-electron chi connectivity index (χ1n) is 5.63. The van der Waals surface area contributed by atoms with Crippen LogP contribution < -0.4 is 0 Å². The van der Waals surface area contributed by atoms with Gasteiger partial charge in [-0.2, -0.15) is 0 Å². The second kappa shape index (κ2) is 6.59. The van der Waals surface area contributed by atoms with Crippen molar-refractivity contribution >= 4 is 17.7 Å². The molecule has 3 heteroatoms. The van der Waals surface area contributed by atoms with E-state index in [4.69, 9.17) is 5.11 Å². The maximum atomic E-state index is 10.7. The molecule has 0 heterocycles. The van der Waals surface area contributed by atoms with Gasteiger partial charge in [-0.25, -0.2) is 4.79 Å². The van der Waals surface area contributed by atoms with Crippen LogP contribution in [0.4, 0.5) is 0 Å². The molecule has 2 nitrogen and oxygen atoms in total. The average molecular weight is 238 g/mol. The molecule has 0 aliphatic heterocycles. The molecule has 0 amide bonds. The van der Waals surface area contributed by atoms with Crippen LogP contribution in [0.15, 0.2) is 29.2 Å². The predicted molar refractivity (Wildman–Crippen MR) is 68.2 cm³/mol. The third-order valence-corrected chi connectivity index (χ3v) is 3.59. The summed E-state index contributed by atoms with van der Waals surface area (Å²) in [4.78, 5) is 11.8. The van der Waals surface area contributed by atoms with E-state index in [1.807, 2.05) is 23.9 Å². The molecular formula is C13H18O2S. The van der Waals surface area contributed by atoms with Crippen LogP contribution in [0.5, 0.6) is 0 Å². The van der Waals surface area contributed by atoms with Crippen molar-refractivity contribution in [2.24, 2.45) is 0 Å². The zero-order valence-corrected chi connectivity index (χ0v) is 10.6. The van der Waals surface area contributed by atoms with E-state index in [9.17, 15) is 4.79 Å². The van der Waals surface area contributed by atoms with Gasteiger partial charge in [0.05, 0.1) is 5.56 Å². The molecule has 0 aliphatic carbocycles. The summed E-state index contributed by atoms with van der Waals surface area (Å²) in [7, 11) is 0. The highest BCUT2D eigenvalue weighted by atomic mass is 32.2. The summed E-state index contributed by atoms with van der Waals surface area (Å²) >= 11 is 1.81. The highest BCUT2D eigenvalue weighted by Gasteiger charge is 2.05. The van der Waals surface area contributed by atoms with Gasteiger partial charge < -0.3 is 5.11 Å². The highest BCUT2D eigenvalue weighted by Crippen LogP contribution is 2.26. The molecule has 0 bridgehead atoms. The Labute approximate surface area is 101 Å². The number of hydrogen-bond acceptors (Lipinski definition) is 2. The van der Waals surface area contributed by atoms with E-state index in [0.717, 1.165) is 4.90 Å². The van der Waals surface area contributed by atoms with E-state index < -0.39 is 5.97 Å². The summed E-state index contributed by atoms with van der Waals surface area (Å²) < 4.78 is 0. The number of unbranched alkanes of at least 4 members (excludes halogenated alkanes) is 1. The Morgan fingerprint density at radius 1 is 1.38 bits per heavy atom. The molecule has 0 fully saturated rings. The lowest BCUT2D eigenvalue weighted by Crippen LogP contribution is -1.97. The number of benzene rings is 1. The minimum Gasteiger partial charge on any atom is -0.478 e. The number of thioether (sulfide) groups is 1. The van der Waals surface area contributed by atoms with Crippen molar-refractivity contribution in [1.29, 1.82) is 0 Å². The minimum atomic E-state index is -0.865. The largest absolute Gasteiger partial charge is 0.478 e. The Morgan fingerprint density at radius 3 is 2.50 bits per heavy atom. The van der Waals surface area contributed by atoms with E-state index in [1.165, 1.54) is 19.3 Å². The number of carbonyl (C=O) groups is 1. The summed E-state index contributed by atoms with van der Waals surface area (Å²) in [6, 6.07) is 7.10. The van der Waals surface area contributed by atoms with Crippen molar-refractivity contribution in [2.45, 2.75) is 43.3 Å². The Bertz CT molecular complexity index is 332. The zero-order chi connectivity index (χ0) is 12.0. The van der Waals surface area contributed by atoms with Gasteiger partial charge in [-0.15, -0.1) is 11.8 Å². The van der Waals surface area contributed by atoms with Crippen LogP contribution >= 0.6 is 11.8 Å². The van der Waals surface area contributed by atoms with Gasteiger partial charge in [-0.05, 0) is 30.7 Å². The Hall–Kier alpha value is -0.960. The van der Waals surface area contributed by atoms with Crippen LogP contribution in [0.25, 0.3) is 0 Å². The highest BCUT2D eigenvalue weighted by molar-refractivity contribution is 7.99. The molecular weight excluding hydrogens is 220 g/mol. The number of rotatable bonds is 6. The lowest BCUT2D eigenvalue weighted by molar-refractivity contribution is 0.0697. The van der Waals surface area contributed by atoms with E-state index in [0.29, 0.717) is 10.8 Å². The summed E-state index contributed by atoms with van der Waals surface area (Å²) in [6.45, 7) is 4.41. The van der Waals surface area contributed by atoms with Gasteiger partial charge in [-0.3, -0.25) is 0 Å². The molecule has 0 aromatic heterocycles. The van der Waals surface area contributed by atoms with E-state index >= 15 is 0 Å². The molecule has 16 heavy (non-hydrogen) atoms. The number of carboxylic acid groups (broad SMARTS) is 1. The minimum absolute atomic E-state index is 0.352. The van der Waals surface area contributed by atoms with Gasteiger partial charge in [-0.1, -0.05) is 26.7 Å². The van der Waals surface area contributed by atoms with Crippen LogP contribution in [0.1, 0.15) is 43.5 Å². The fourth-order valence-corrected chi connectivity index (χ4v) is 2.50. The Balaban J connectivity index is 2.51. The summed E-state index contributed by atoms with van der Waals surface area (Å²) in [5.74, 6) is -0.865. The van der Waals surface area contributed by atoms with Crippen LogP contribution in [-0.2, 0) is 0 Å². The third-order valence-electron chi connectivity index (χ3n) is 2.40. The Morgan fingerprint density at radius 2 is 2.00 bits per heavy atom. The van der Waals surface area contributed by atoms with Gasteiger partial charge in [0, 0.05) is 10.1 Å². The summed E-state index contributed by atoms with van der Waals surface area (Å²) in [5.41, 5.74) is 0.352. The summed E-state index contributed by atoms with van der Waals surface area (Å²) in [6.07, 6.45) is 3.69. The van der Waals surface area contributed by atoms with Crippen molar-refractivity contribution in [3.8, 4) is 0 Å². The Kier molecular flexibility index (Phi) is 5.39. The molecule has 1 N–H and O–H groups in total. The molecule has 1 rings (SSSR count). The first-order chi connectivity index (χ1) is 7.63. The fraction of sp³-hybridized carbons (Fsp3) is 0.462. The van der Waals surface area contributed by atoms with Gasteiger partial charge in [0.15, 0.2) is 0 Å². The van der Waals surface area contributed by atoms with Crippen molar-refractivity contribution in [3.05, 3.63) is 29.8 Å². The van der Waals surface area contributed by atoms with E-state index in [2.05, 4.69) is 13.8 Å². The molecule has 1 aromatic carbocycles. The van der Waals surface area contributed by atoms with E-state index in [-0.39, 0.29) is 0 Å². The smallest absolute Gasteiger partial charge is 0.335 e. The van der Waals surface area contributed by atoms with Gasteiger partial charge >= 0.3 is 5.97 Å². The second-order valence-electron chi connectivity index (χ2n) is 3.90. The first-order valence-corrected chi connectivity index (χ1v) is 6.51. The van der Waals surface area contributed by atoms with Crippen molar-refractivity contribution in [2.75, 3.05) is 0 Å². The SMILES string of the molecule is CCCCC(C)Sc1ccc(C(=O)O)cc1. The number of hydrogen-bond donors (Lipinski definition) is 1. The normalized spacial score (nSPS) is 12.4. The molecule has 0 radical (unpaired) electrons. The van der Waals surface area contributed by atoms with Gasteiger partial charge in [0.25, 0.3) is 0 Å². The molecule has 1 unspecified atom stereocenters. The molecule has 0 aliphatic rings. The van der Waals surface area contributed by atoms with Crippen LogP contribution in [0.2, 0.25) is 0 Å². The molecule has 0 saturated heterocycles. The topological polar surface area (TPSA) is 37.3 Å². The molecule has 1 atom stereocenters. The summed E-state index contributed by atoms with van der Waals surface area (Å²) in [5, 5.41) is 9.36.